The molecular weight excluding hydrogens is 278 g/mol. The lowest BCUT2D eigenvalue weighted by molar-refractivity contribution is 0.432. The highest BCUT2D eigenvalue weighted by Crippen LogP contribution is 2.34. The minimum atomic E-state index is 0.190. The Labute approximate surface area is 121 Å². The first kappa shape index (κ1) is 12.6. The van der Waals surface area contributed by atoms with E-state index in [1.165, 1.54) is 16.2 Å². The first-order chi connectivity index (χ1) is 9.16. The Morgan fingerprint density at radius 3 is 2.84 bits per heavy atom. The second-order valence-corrected chi connectivity index (χ2v) is 6.15. The molecule has 0 bridgehead atoms. The number of hydrogen-bond acceptors (Lipinski definition) is 3. The highest BCUT2D eigenvalue weighted by atomic mass is 35.5. The van der Waals surface area contributed by atoms with Crippen molar-refractivity contribution in [3.63, 3.8) is 0 Å². The molecule has 0 saturated carbocycles. The number of fused-ring (bicyclic) bond motifs is 1. The van der Waals surface area contributed by atoms with Crippen LogP contribution in [0.4, 0.5) is 0 Å². The molecule has 0 radical (unpaired) electrons. The summed E-state index contributed by atoms with van der Waals surface area (Å²) >= 11 is 7.64. The average Bonchev–Trinajstić information content (AvgIpc) is 3.00. The Morgan fingerprint density at radius 1 is 1.32 bits per heavy atom. The topological polar surface area (TPSA) is 30.7 Å². The molecule has 98 valence electrons. The fourth-order valence-electron chi connectivity index (χ4n) is 2.38. The number of hydrogen-bond donors (Lipinski definition) is 0. The quantitative estimate of drug-likeness (QED) is 0.716. The van der Waals surface area contributed by atoms with Crippen LogP contribution in [0.3, 0.4) is 0 Å². The van der Waals surface area contributed by atoms with E-state index in [-0.39, 0.29) is 6.04 Å². The minimum absolute atomic E-state index is 0.190. The number of halogens is 1. The van der Waals surface area contributed by atoms with E-state index in [1.54, 1.807) is 6.20 Å². The summed E-state index contributed by atoms with van der Waals surface area (Å²) in [6.45, 7) is 4.39. The van der Waals surface area contributed by atoms with Gasteiger partial charge in [0.25, 0.3) is 0 Å². The molecule has 0 amide bonds. The predicted octanol–water partition coefficient (Wildman–Crippen LogP) is 4.39. The van der Waals surface area contributed by atoms with Crippen molar-refractivity contribution in [2.24, 2.45) is 5.92 Å². The summed E-state index contributed by atoms with van der Waals surface area (Å²) in [7, 11) is 0. The van der Waals surface area contributed by atoms with Crippen molar-refractivity contribution >= 4 is 33.2 Å². The Kier molecular flexibility index (Phi) is 3.29. The second kappa shape index (κ2) is 4.94. The normalized spacial score (nSPS) is 13.3. The number of benzene rings is 1. The zero-order valence-electron chi connectivity index (χ0n) is 10.7. The molecular formula is C14H14ClN3S. The SMILES string of the molecule is CC(C)C(c1nsc2ccc(Cl)cc12)n1ccnc1. The average molecular weight is 292 g/mol. The van der Waals surface area contributed by atoms with Gasteiger partial charge in [-0.2, -0.15) is 4.37 Å². The number of nitrogens with zero attached hydrogens (tertiary/aromatic N) is 3. The van der Waals surface area contributed by atoms with E-state index in [1.807, 2.05) is 30.7 Å². The van der Waals surface area contributed by atoms with Gasteiger partial charge in [0.15, 0.2) is 0 Å². The van der Waals surface area contributed by atoms with Crippen molar-refractivity contribution in [3.05, 3.63) is 47.6 Å². The van der Waals surface area contributed by atoms with Crippen molar-refractivity contribution in [1.29, 1.82) is 0 Å². The van der Waals surface area contributed by atoms with Crippen LogP contribution in [-0.2, 0) is 0 Å². The van der Waals surface area contributed by atoms with E-state index in [0.29, 0.717) is 5.92 Å². The summed E-state index contributed by atoms with van der Waals surface area (Å²) in [6.07, 6.45) is 5.64. The third-order valence-corrected chi connectivity index (χ3v) is 4.29. The summed E-state index contributed by atoms with van der Waals surface area (Å²) in [5, 5.41) is 1.90. The smallest absolute Gasteiger partial charge is 0.0952 e. The molecule has 0 aliphatic carbocycles. The van der Waals surface area contributed by atoms with Crippen molar-refractivity contribution in [3.8, 4) is 0 Å². The third-order valence-electron chi connectivity index (χ3n) is 3.22. The largest absolute Gasteiger partial charge is 0.328 e. The molecule has 3 aromatic rings. The molecule has 1 unspecified atom stereocenters. The van der Waals surface area contributed by atoms with Crippen LogP contribution in [0.5, 0.6) is 0 Å². The molecule has 0 aliphatic heterocycles. The number of rotatable bonds is 3. The van der Waals surface area contributed by atoms with Gasteiger partial charge in [-0.1, -0.05) is 25.4 Å². The van der Waals surface area contributed by atoms with Crippen LogP contribution in [0, 0.1) is 5.92 Å². The maximum atomic E-state index is 6.11. The predicted molar refractivity (Wildman–Crippen MR) is 79.8 cm³/mol. The standard InChI is InChI=1S/C14H14ClN3S/c1-9(2)14(18-6-5-16-8-18)13-11-7-10(15)3-4-12(11)19-17-13/h3-9,14H,1-2H3. The summed E-state index contributed by atoms with van der Waals surface area (Å²) in [4.78, 5) is 4.15. The molecule has 3 rings (SSSR count). The zero-order valence-corrected chi connectivity index (χ0v) is 12.3. The molecule has 5 heteroatoms. The van der Waals surface area contributed by atoms with Crippen LogP contribution in [-0.4, -0.2) is 13.9 Å². The summed E-state index contributed by atoms with van der Waals surface area (Å²) in [5.41, 5.74) is 1.08. The molecule has 2 aromatic heterocycles. The van der Waals surface area contributed by atoms with Gasteiger partial charge in [0, 0.05) is 22.8 Å². The lowest BCUT2D eigenvalue weighted by atomic mass is 9.98. The molecule has 0 aliphatic rings. The van der Waals surface area contributed by atoms with E-state index < -0.39 is 0 Å². The molecule has 1 aromatic carbocycles. The molecule has 3 nitrogen and oxygen atoms in total. The van der Waals surface area contributed by atoms with Gasteiger partial charge in [-0.25, -0.2) is 4.98 Å². The molecule has 0 saturated heterocycles. The van der Waals surface area contributed by atoms with Gasteiger partial charge in [0.05, 0.1) is 22.8 Å². The molecule has 0 fully saturated rings. The first-order valence-electron chi connectivity index (χ1n) is 6.19. The lowest BCUT2D eigenvalue weighted by Gasteiger charge is -2.20. The van der Waals surface area contributed by atoms with Gasteiger partial charge in [0.2, 0.25) is 0 Å². The van der Waals surface area contributed by atoms with Gasteiger partial charge < -0.3 is 4.57 Å². The highest BCUT2D eigenvalue weighted by Gasteiger charge is 2.22. The summed E-state index contributed by atoms with van der Waals surface area (Å²) in [6, 6.07) is 6.13. The molecule has 0 spiro atoms. The van der Waals surface area contributed by atoms with E-state index in [0.717, 1.165) is 16.1 Å². The van der Waals surface area contributed by atoms with Crippen LogP contribution in [0.15, 0.2) is 36.9 Å². The van der Waals surface area contributed by atoms with Crippen molar-refractivity contribution in [1.82, 2.24) is 13.9 Å². The maximum absolute atomic E-state index is 6.11. The molecule has 2 heterocycles. The molecule has 1 atom stereocenters. The fraction of sp³-hybridized carbons (Fsp3) is 0.286. The Hall–Kier alpha value is -1.39. The Morgan fingerprint density at radius 2 is 2.16 bits per heavy atom. The first-order valence-corrected chi connectivity index (χ1v) is 7.34. The second-order valence-electron chi connectivity index (χ2n) is 4.91. The van der Waals surface area contributed by atoms with Gasteiger partial charge in [-0.05, 0) is 35.6 Å². The fourth-order valence-corrected chi connectivity index (χ4v) is 3.34. The van der Waals surface area contributed by atoms with Crippen molar-refractivity contribution in [2.45, 2.75) is 19.9 Å². The Bertz CT molecular complexity index is 688. The number of aromatic nitrogens is 3. The maximum Gasteiger partial charge on any atom is 0.0952 e. The van der Waals surface area contributed by atoms with Crippen LogP contribution in [0.1, 0.15) is 25.6 Å². The van der Waals surface area contributed by atoms with Crippen molar-refractivity contribution < 1.29 is 0 Å². The van der Waals surface area contributed by atoms with E-state index in [2.05, 4.69) is 27.8 Å². The highest BCUT2D eigenvalue weighted by molar-refractivity contribution is 7.13. The third kappa shape index (κ3) is 2.26. The van der Waals surface area contributed by atoms with E-state index in [4.69, 9.17) is 11.6 Å². The monoisotopic (exact) mass is 291 g/mol. The van der Waals surface area contributed by atoms with Crippen LogP contribution < -0.4 is 0 Å². The Balaban J connectivity index is 2.18. The van der Waals surface area contributed by atoms with Crippen LogP contribution in [0.2, 0.25) is 5.02 Å². The molecule has 0 N–H and O–H groups in total. The van der Waals surface area contributed by atoms with Crippen LogP contribution >= 0.6 is 23.1 Å². The minimum Gasteiger partial charge on any atom is -0.328 e. The van der Waals surface area contributed by atoms with Crippen LogP contribution in [0.25, 0.3) is 10.1 Å². The van der Waals surface area contributed by atoms with Crippen molar-refractivity contribution in [2.75, 3.05) is 0 Å². The number of imidazole rings is 1. The summed E-state index contributed by atoms with van der Waals surface area (Å²) in [5.74, 6) is 0.429. The van der Waals surface area contributed by atoms with E-state index >= 15 is 0 Å². The van der Waals surface area contributed by atoms with Gasteiger partial charge in [0.1, 0.15) is 0 Å². The van der Waals surface area contributed by atoms with Gasteiger partial charge in [-0.15, -0.1) is 0 Å². The molecule has 19 heavy (non-hydrogen) atoms. The van der Waals surface area contributed by atoms with Gasteiger partial charge in [-0.3, -0.25) is 0 Å². The van der Waals surface area contributed by atoms with E-state index in [9.17, 15) is 0 Å². The lowest BCUT2D eigenvalue weighted by Crippen LogP contribution is -2.15. The summed E-state index contributed by atoms with van der Waals surface area (Å²) < 4.78 is 7.93. The zero-order chi connectivity index (χ0) is 13.4. The van der Waals surface area contributed by atoms with Gasteiger partial charge >= 0.3 is 0 Å².